The Labute approximate surface area is 156 Å². The Morgan fingerprint density at radius 2 is 2.04 bits per heavy atom. The summed E-state index contributed by atoms with van der Waals surface area (Å²) in [5.74, 6) is -0.589. The lowest BCUT2D eigenvalue weighted by Gasteiger charge is -2.17. The predicted molar refractivity (Wildman–Crippen MR) is 93.0 cm³/mol. The summed E-state index contributed by atoms with van der Waals surface area (Å²) in [6.07, 6.45) is -3.83. The molecule has 0 fully saturated rings. The number of hydrogen-bond donors (Lipinski definition) is 1. The summed E-state index contributed by atoms with van der Waals surface area (Å²) in [6, 6.07) is 3.65. The third kappa shape index (κ3) is 3.71. The van der Waals surface area contributed by atoms with Gasteiger partial charge < -0.3 is 19.1 Å². The molecule has 0 bridgehead atoms. The normalized spacial score (nSPS) is 11.6. The van der Waals surface area contributed by atoms with Crippen LogP contribution in [0.15, 0.2) is 33.7 Å². The van der Waals surface area contributed by atoms with Crippen molar-refractivity contribution in [3.8, 4) is 5.75 Å². The van der Waals surface area contributed by atoms with Crippen LogP contribution < -0.4 is 10.2 Å². The van der Waals surface area contributed by atoms with Crippen LogP contribution in [0.2, 0.25) is 0 Å². The minimum absolute atomic E-state index is 0.0849. The number of H-pyrrole nitrogens is 1. The van der Waals surface area contributed by atoms with Crippen molar-refractivity contribution in [1.29, 1.82) is 0 Å². The average molecular weight is 395 g/mol. The van der Waals surface area contributed by atoms with E-state index in [0.717, 1.165) is 12.3 Å². The second kappa shape index (κ2) is 7.02. The molecule has 7 nitrogen and oxygen atoms in total. The summed E-state index contributed by atoms with van der Waals surface area (Å²) in [7, 11) is 1.50. The van der Waals surface area contributed by atoms with Crippen LogP contribution in [0.1, 0.15) is 27.4 Å². The third-order valence-corrected chi connectivity index (χ3v) is 4.26. The summed E-state index contributed by atoms with van der Waals surface area (Å²) < 4.78 is 46.6. The number of nitrogens with one attached hydrogen (secondary N) is 1. The van der Waals surface area contributed by atoms with Gasteiger partial charge in [-0.25, -0.2) is 0 Å². The van der Waals surface area contributed by atoms with E-state index in [1.54, 1.807) is 13.8 Å². The van der Waals surface area contributed by atoms with Crippen molar-refractivity contribution >= 4 is 16.8 Å². The number of carbonyl (C=O) groups excluding carboxylic acids is 1. The molecule has 0 spiro atoms. The highest BCUT2D eigenvalue weighted by Gasteiger charge is 2.32. The van der Waals surface area contributed by atoms with Gasteiger partial charge in [0.2, 0.25) is 5.43 Å². The first-order valence-corrected chi connectivity index (χ1v) is 8.16. The SMILES string of the molecule is Cc1noc(C)c1CN(C)C(=O)c1c[nH]c2c(OC(F)(F)F)cccc2c1=O. The van der Waals surface area contributed by atoms with E-state index in [0.29, 0.717) is 17.0 Å². The second-order valence-corrected chi connectivity index (χ2v) is 6.22. The van der Waals surface area contributed by atoms with Gasteiger partial charge in [-0.3, -0.25) is 9.59 Å². The number of amides is 1. The summed E-state index contributed by atoms with van der Waals surface area (Å²) >= 11 is 0. The molecule has 1 N–H and O–H groups in total. The van der Waals surface area contributed by atoms with Gasteiger partial charge in [0.1, 0.15) is 11.3 Å². The summed E-state index contributed by atoms with van der Waals surface area (Å²) in [4.78, 5) is 29.3. The number of aryl methyl sites for hydroxylation is 2. The van der Waals surface area contributed by atoms with E-state index in [9.17, 15) is 22.8 Å². The zero-order valence-corrected chi connectivity index (χ0v) is 15.2. The number of fused-ring (bicyclic) bond motifs is 1. The van der Waals surface area contributed by atoms with Crippen LogP contribution in [0, 0.1) is 13.8 Å². The molecule has 0 unspecified atom stereocenters. The number of ether oxygens (including phenoxy) is 1. The standard InChI is InChI=1S/C18H16F3N3O4/c1-9-13(10(2)28-23-9)8-24(3)17(26)12-7-22-15-11(16(12)25)5-4-6-14(15)27-18(19,20)21/h4-7H,8H2,1-3H3,(H,22,25). The first-order valence-electron chi connectivity index (χ1n) is 8.16. The van der Waals surface area contributed by atoms with Crippen LogP contribution in [0.5, 0.6) is 5.75 Å². The minimum Gasteiger partial charge on any atom is -0.404 e. The van der Waals surface area contributed by atoms with E-state index in [1.165, 1.54) is 24.1 Å². The maximum Gasteiger partial charge on any atom is 0.573 e. The number of aromatic nitrogens is 2. The Balaban J connectivity index is 1.96. The van der Waals surface area contributed by atoms with Gasteiger partial charge >= 0.3 is 6.36 Å². The summed E-state index contributed by atoms with van der Waals surface area (Å²) in [5.41, 5.74) is 0.296. The molecule has 2 aromatic heterocycles. The lowest BCUT2D eigenvalue weighted by molar-refractivity contribution is -0.274. The molecule has 1 aromatic carbocycles. The van der Waals surface area contributed by atoms with Gasteiger partial charge in [0, 0.05) is 18.8 Å². The number of carbonyl (C=O) groups is 1. The lowest BCUT2D eigenvalue weighted by Crippen LogP contribution is -2.31. The molecule has 0 radical (unpaired) electrons. The van der Waals surface area contributed by atoms with Gasteiger partial charge in [0.15, 0.2) is 5.75 Å². The van der Waals surface area contributed by atoms with E-state index in [-0.39, 0.29) is 23.0 Å². The van der Waals surface area contributed by atoms with E-state index >= 15 is 0 Å². The molecule has 3 rings (SSSR count). The Bertz CT molecular complexity index is 1080. The highest BCUT2D eigenvalue weighted by Crippen LogP contribution is 2.28. The number of halogens is 3. The molecule has 3 aromatic rings. The quantitative estimate of drug-likeness (QED) is 0.732. The van der Waals surface area contributed by atoms with Crippen LogP contribution in [-0.4, -0.2) is 34.4 Å². The predicted octanol–water partition coefficient (Wildman–Crippen LogP) is 3.30. The number of alkyl halides is 3. The van der Waals surface area contributed by atoms with Crippen molar-refractivity contribution in [1.82, 2.24) is 15.0 Å². The highest BCUT2D eigenvalue weighted by molar-refractivity contribution is 5.97. The summed E-state index contributed by atoms with van der Waals surface area (Å²) in [5, 5.41) is 3.73. The van der Waals surface area contributed by atoms with Gasteiger partial charge in [-0.15, -0.1) is 13.2 Å². The van der Waals surface area contributed by atoms with E-state index in [2.05, 4.69) is 14.9 Å². The molecule has 0 aliphatic rings. The molecule has 1 amide bonds. The number of hydrogen-bond acceptors (Lipinski definition) is 5. The zero-order valence-electron chi connectivity index (χ0n) is 15.2. The first kappa shape index (κ1) is 19.5. The molecule has 0 saturated carbocycles. The van der Waals surface area contributed by atoms with Crippen molar-refractivity contribution in [2.24, 2.45) is 0 Å². The molecule has 0 aliphatic heterocycles. The molecule has 148 valence electrons. The van der Waals surface area contributed by atoms with Crippen molar-refractivity contribution < 1.29 is 27.2 Å². The Morgan fingerprint density at radius 3 is 2.64 bits per heavy atom. The first-order chi connectivity index (χ1) is 13.1. The van der Waals surface area contributed by atoms with Crippen molar-refractivity contribution in [2.75, 3.05) is 7.05 Å². The van der Waals surface area contributed by atoms with Crippen LogP contribution >= 0.6 is 0 Å². The Kier molecular flexibility index (Phi) is 4.88. The van der Waals surface area contributed by atoms with Gasteiger partial charge in [0.05, 0.1) is 23.1 Å². The number of pyridine rings is 1. The van der Waals surface area contributed by atoms with Gasteiger partial charge in [-0.1, -0.05) is 11.2 Å². The maximum atomic E-state index is 12.7. The molecule has 0 saturated heterocycles. The Hall–Kier alpha value is -3.30. The van der Waals surface area contributed by atoms with Gasteiger partial charge in [-0.2, -0.15) is 0 Å². The fourth-order valence-corrected chi connectivity index (χ4v) is 2.84. The number of aromatic amines is 1. The van der Waals surface area contributed by atoms with Gasteiger partial charge in [-0.05, 0) is 26.0 Å². The van der Waals surface area contributed by atoms with E-state index in [1.807, 2.05) is 0 Å². The fourth-order valence-electron chi connectivity index (χ4n) is 2.84. The largest absolute Gasteiger partial charge is 0.573 e. The number of rotatable bonds is 4. The Morgan fingerprint density at radius 1 is 1.32 bits per heavy atom. The molecule has 0 atom stereocenters. The van der Waals surface area contributed by atoms with Crippen molar-refractivity contribution in [3.05, 3.63) is 57.2 Å². The highest BCUT2D eigenvalue weighted by atomic mass is 19.4. The molecular formula is C18H16F3N3O4. The molecule has 28 heavy (non-hydrogen) atoms. The van der Waals surface area contributed by atoms with Crippen LogP contribution in [0.25, 0.3) is 10.9 Å². The monoisotopic (exact) mass is 395 g/mol. The smallest absolute Gasteiger partial charge is 0.404 e. The van der Waals surface area contributed by atoms with Gasteiger partial charge in [0.25, 0.3) is 5.91 Å². The molecule has 10 heteroatoms. The van der Waals surface area contributed by atoms with E-state index in [4.69, 9.17) is 4.52 Å². The molecule has 0 aliphatic carbocycles. The second-order valence-electron chi connectivity index (χ2n) is 6.22. The molecular weight excluding hydrogens is 379 g/mol. The van der Waals surface area contributed by atoms with E-state index < -0.39 is 23.4 Å². The van der Waals surface area contributed by atoms with Crippen molar-refractivity contribution in [3.63, 3.8) is 0 Å². The third-order valence-electron chi connectivity index (χ3n) is 4.26. The van der Waals surface area contributed by atoms with Crippen molar-refractivity contribution in [2.45, 2.75) is 26.8 Å². The zero-order chi connectivity index (χ0) is 20.6. The van der Waals surface area contributed by atoms with Crippen LogP contribution in [0.3, 0.4) is 0 Å². The number of benzene rings is 1. The topological polar surface area (TPSA) is 88.4 Å². The molecule has 2 heterocycles. The minimum atomic E-state index is -4.91. The van der Waals surface area contributed by atoms with Crippen LogP contribution in [0.4, 0.5) is 13.2 Å². The van der Waals surface area contributed by atoms with Crippen LogP contribution in [-0.2, 0) is 6.54 Å². The average Bonchev–Trinajstić information content (AvgIpc) is 2.93. The fraction of sp³-hybridized carbons (Fsp3) is 0.278. The number of nitrogens with zero attached hydrogens (tertiary/aromatic N) is 2. The lowest BCUT2D eigenvalue weighted by atomic mass is 10.1. The number of para-hydroxylation sites is 1. The maximum absolute atomic E-state index is 12.7. The summed E-state index contributed by atoms with van der Waals surface area (Å²) in [6.45, 7) is 3.60.